The van der Waals surface area contributed by atoms with E-state index >= 15 is 0 Å². The Bertz CT molecular complexity index is 513. The van der Waals surface area contributed by atoms with Crippen LogP contribution in [0.2, 0.25) is 0 Å². The number of amides is 1. The fraction of sp³-hybridized carbons (Fsp3) is 0.562. The molecule has 0 aromatic heterocycles. The molecule has 1 heterocycles. The molecule has 1 aromatic carbocycles. The minimum atomic E-state index is -0.513. The summed E-state index contributed by atoms with van der Waals surface area (Å²) in [7, 11) is 3.20. The third kappa shape index (κ3) is 3.51. The zero-order valence-corrected chi connectivity index (χ0v) is 13.4. The molecule has 122 valence electrons. The van der Waals surface area contributed by atoms with Gasteiger partial charge in [-0.1, -0.05) is 0 Å². The van der Waals surface area contributed by atoms with E-state index in [1.807, 2.05) is 13.0 Å². The van der Waals surface area contributed by atoms with E-state index in [1.165, 1.54) is 0 Å². The van der Waals surface area contributed by atoms with Crippen molar-refractivity contribution in [2.75, 3.05) is 45.8 Å². The molecular formula is C16H24N2O4. The van der Waals surface area contributed by atoms with E-state index in [4.69, 9.17) is 14.2 Å². The molecule has 0 bridgehead atoms. The SMILES string of the molecule is CCOc1ccc(NC(=O)C2(COC)CCNC2)cc1OC. The summed E-state index contributed by atoms with van der Waals surface area (Å²) in [6.07, 6.45) is 0.765. The second-order valence-corrected chi connectivity index (χ2v) is 5.39. The maximum atomic E-state index is 12.6. The highest BCUT2D eigenvalue weighted by Gasteiger charge is 2.41. The first-order valence-corrected chi connectivity index (χ1v) is 7.47. The van der Waals surface area contributed by atoms with Crippen molar-refractivity contribution in [2.24, 2.45) is 5.41 Å². The predicted molar refractivity (Wildman–Crippen MR) is 84.6 cm³/mol. The number of nitrogens with one attached hydrogen (secondary N) is 2. The number of benzene rings is 1. The van der Waals surface area contributed by atoms with E-state index < -0.39 is 5.41 Å². The Balaban J connectivity index is 2.13. The Morgan fingerprint density at radius 1 is 1.36 bits per heavy atom. The normalized spacial score (nSPS) is 20.7. The van der Waals surface area contributed by atoms with E-state index in [9.17, 15) is 4.79 Å². The Morgan fingerprint density at radius 3 is 2.77 bits per heavy atom. The third-order valence-corrected chi connectivity index (χ3v) is 3.87. The zero-order valence-electron chi connectivity index (χ0n) is 13.4. The van der Waals surface area contributed by atoms with Crippen molar-refractivity contribution in [2.45, 2.75) is 13.3 Å². The Labute approximate surface area is 131 Å². The van der Waals surface area contributed by atoms with Gasteiger partial charge in [-0.15, -0.1) is 0 Å². The van der Waals surface area contributed by atoms with E-state index in [0.29, 0.717) is 36.9 Å². The second-order valence-electron chi connectivity index (χ2n) is 5.39. The van der Waals surface area contributed by atoms with Gasteiger partial charge in [0.25, 0.3) is 0 Å². The number of anilines is 1. The lowest BCUT2D eigenvalue weighted by Crippen LogP contribution is -2.41. The van der Waals surface area contributed by atoms with Crippen molar-refractivity contribution < 1.29 is 19.0 Å². The molecule has 1 saturated heterocycles. The molecular weight excluding hydrogens is 284 g/mol. The van der Waals surface area contributed by atoms with Crippen LogP contribution in [0.5, 0.6) is 11.5 Å². The van der Waals surface area contributed by atoms with Crippen LogP contribution in [0, 0.1) is 5.41 Å². The molecule has 1 amide bonds. The number of ether oxygens (including phenoxy) is 3. The van der Waals surface area contributed by atoms with Crippen molar-refractivity contribution >= 4 is 11.6 Å². The summed E-state index contributed by atoms with van der Waals surface area (Å²) >= 11 is 0. The van der Waals surface area contributed by atoms with Crippen LogP contribution in [0.4, 0.5) is 5.69 Å². The second kappa shape index (κ2) is 7.47. The number of hydrogen-bond acceptors (Lipinski definition) is 5. The van der Waals surface area contributed by atoms with E-state index in [2.05, 4.69) is 10.6 Å². The highest BCUT2D eigenvalue weighted by molar-refractivity contribution is 5.96. The molecule has 0 spiro atoms. The first-order chi connectivity index (χ1) is 10.6. The summed E-state index contributed by atoms with van der Waals surface area (Å²) in [4.78, 5) is 12.6. The van der Waals surface area contributed by atoms with Gasteiger partial charge in [-0.05, 0) is 32.0 Å². The van der Waals surface area contributed by atoms with Crippen molar-refractivity contribution in [1.82, 2.24) is 5.32 Å². The molecule has 2 rings (SSSR count). The van der Waals surface area contributed by atoms with Crippen molar-refractivity contribution in [3.63, 3.8) is 0 Å². The van der Waals surface area contributed by atoms with Crippen LogP contribution in [0.3, 0.4) is 0 Å². The predicted octanol–water partition coefficient (Wildman–Crippen LogP) is 1.66. The number of carbonyl (C=O) groups is 1. The van der Waals surface area contributed by atoms with Crippen molar-refractivity contribution in [3.05, 3.63) is 18.2 Å². The smallest absolute Gasteiger partial charge is 0.234 e. The van der Waals surface area contributed by atoms with Crippen molar-refractivity contribution in [3.8, 4) is 11.5 Å². The lowest BCUT2D eigenvalue weighted by atomic mass is 9.87. The number of rotatable bonds is 7. The van der Waals surface area contributed by atoms with Crippen LogP contribution in [0.15, 0.2) is 18.2 Å². The van der Waals surface area contributed by atoms with Crippen LogP contribution < -0.4 is 20.1 Å². The van der Waals surface area contributed by atoms with E-state index in [-0.39, 0.29) is 5.91 Å². The van der Waals surface area contributed by atoms with Gasteiger partial charge in [0, 0.05) is 25.4 Å². The molecule has 6 nitrogen and oxygen atoms in total. The first-order valence-electron chi connectivity index (χ1n) is 7.47. The minimum absolute atomic E-state index is 0.0365. The molecule has 22 heavy (non-hydrogen) atoms. The van der Waals surface area contributed by atoms with Gasteiger partial charge in [0.05, 0.1) is 25.7 Å². The van der Waals surface area contributed by atoms with Gasteiger partial charge in [0.15, 0.2) is 11.5 Å². The Hall–Kier alpha value is -1.79. The minimum Gasteiger partial charge on any atom is -0.493 e. The molecule has 1 atom stereocenters. The molecule has 0 saturated carbocycles. The van der Waals surface area contributed by atoms with Crippen LogP contribution in [-0.2, 0) is 9.53 Å². The molecule has 2 N–H and O–H groups in total. The van der Waals surface area contributed by atoms with Gasteiger partial charge in [-0.2, -0.15) is 0 Å². The maximum absolute atomic E-state index is 12.6. The van der Waals surface area contributed by atoms with Gasteiger partial charge < -0.3 is 24.8 Å². The quantitative estimate of drug-likeness (QED) is 0.802. The highest BCUT2D eigenvalue weighted by Crippen LogP contribution is 2.32. The summed E-state index contributed by atoms with van der Waals surface area (Å²) in [5, 5.41) is 6.19. The average Bonchev–Trinajstić information content (AvgIpc) is 2.99. The monoisotopic (exact) mass is 308 g/mol. The Kier molecular flexibility index (Phi) is 5.63. The molecule has 1 unspecified atom stereocenters. The zero-order chi connectivity index (χ0) is 16.0. The molecule has 0 aliphatic carbocycles. The Morgan fingerprint density at radius 2 is 2.18 bits per heavy atom. The summed E-state index contributed by atoms with van der Waals surface area (Å²) in [6, 6.07) is 5.38. The number of hydrogen-bond donors (Lipinski definition) is 2. The third-order valence-electron chi connectivity index (χ3n) is 3.87. The van der Waals surface area contributed by atoms with Crippen LogP contribution in [-0.4, -0.2) is 46.4 Å². The average molecular weight is 308 g/mol. The largest absolute Gasteiger partial charge is 0.493 e. The molecule has 0 radical (unpaired) electrons. The van der Waals surface area contributed by atoms with Gasteiger partial charge >= 0.3 is 0 Å². The summed E-state index contributed by atoms with van der Waals surface area (Å²) in [6.45, 7) is 4.33. The summed E-state index contributed by atoms with van der Waals surface area (Å²) in [5.41, 5.74) is 0.174. The van der Waals surface area contributed by atoms with E-state index in [0.717, 1.165) is 13.0 Å². The molecule has 6 heteroatoms. The van der Waals surface area contributed by atoms with Crippen LogP contribution in [0.25, 0.3) is 0 Å². The topological polar surface area (TPSA) is 68.8 Å². The molecule has 1 aliphatic heterocycles. The summed E-state index contributed by atoms with van der Waals surface area (Å²) < 4.78 is 16.0. The van der Waals surface area contributed by atoms with Gasteiger partial charge in [-0.25, -0.2) is 0 Å². The van der Waals surface area contributed by atoms with Crippen LogP contribution in [0.1, 0.15) is 13.3 Å². The molecule has 1 aliphatic rings. The molecule has 1 aromatic rings. The van der Waals surface area contributed by atoms with Gasteiger partial charge in [-0.3, -0.25) is 4.79 Å². The fourth-order valence-corrected chi connectivity index (χ4v) is 2.69. The van der Waals surface area contributed by atoms with E-state index in [1.54, 1.807) is 26.4 Å². The molecule has 1 fully saturated rings. The standard InChI is InChI=1S/C16H24N2O4/c1-4-22-13-6-5-12(9-14(13)21-3)18-15(19)16(11-20-2)7-8-17-10-16/h5-6,9,17H,4,7-8,10-11H2,1-3H3,(H,18,19). The lowest BCUT2D eigenvalue weighted by molar-refractivity contribution is -0.127. The number of carbonyl (C=O) groups excluding carboxylic acids is 1. The van der Waals surface area contributed by atoms with Crippen LogP contribution >= 0.6 is 0 Å². The van der Waals surface area contributed by atoms with Gasteiger partial charge in [0.1, 0.15) is 0 Å². The lowest BCUT2D eigenvalue weighted by Gasteiger charge is -2.26. The van der Waals surface area contributed by atoms with Gasteiger partial charge in [0.2, 0.25) is 5.91 Å². The highest BCUT2D eigenvalue weighted by atomic mass is 16.5. The summed E-state index contributed by atoms with van der Waals surface area (Å²) in [5.74, 6) is 1.23. The first kappa shape index (κ1) is 16.6. The fourth-order valence-electron chi connectivity index (χ4n) is 2.69. The maximum Gasteiger partial charge on any atom is 0.234 e. The van der Waals surface area contributed by atoms with Crippen molar-refractivity contribution in [1.29, 1.82) is 0 Å². The number of methoxy groups -OCH3 is 2.